The van der Waals surface area contributed by atoms with E-state index >= 15 is 0 Å². The second kappa shape index (κ2) is 5.69. The van der Waals surface area contributed by atoms with Gasteiger partial charge in [-0.3, -0.25) is 0 Å². The first-order valence-electron chi connectivity index (χ1n) is 5.63. The number of hydrogen-bond donors (Lipinski definition) is 1. The second-order valence-corrected chi connectivity index (χ2v) is 4.32. The fourth-order valence-electron chi connectivity index (χ4n) is 1.72. The molecule has 0 heterocycles. The Balaban J connectivity index is 2.49. The number of halogens is 3. The van der Waals surface area contributed by atoms with Crippen LogP contribution in [0.2, 0.25) is 0 Å². The minimum Gasteiger partial charge on any atom is -0.365 e. The van der Waals surface area contributed by atoms with Crippen molar-refractivity contribution < 1.29 is 17.9 Å². The number of alkyl halides is 3. The van der Waals surface area contributed by atoms with Crippen LogP contribution in [0.3, 0.4) is 0 Å². The Morgan fingerprint density at radius 1 is 1.29 bits per heavy atom. The fourth-order valence-corrected chi connectivity index (χ4v) is 1.72. The van der Waals surface area contributed by atoms with Crippen LogP contribution in [0.1, 0.15) is 20.3 Å². The molecular weight excluding hydrogens is 231 g/mol. The zero-order valence-electron chi connectivity index (χ0n) is 9.95. The van der Waals surface area contributed by atoms with Gasteiger partial charge in [-0.1, -0.05) is 24.3 Å². The third kappa shape index (κ3) is 4.16. The summed E-state index contributed by atoms with van der Waals surface area (Å²) in [6.07, 6.45) is 1.59. The van der Waals surface area contributed by atoms with E-state index in [2.05, 4.69) is 0 Å². The first-order valence-corrected chi connectivity index (χ1v) is 5.63. The van der Waals surface area contributed by atoms with Crippen LogP contribution in [0.25, 0.3) is 0 Å². The van der Waals surface area contributed by atoms with Crippen molar-refractivity contribution in [3.63, 3.8) is 0 Å². The van der Waals surface area contributed by atoms with Crippen LogP contribution in [0.15, 0.2) is 24.3 Å². The van der Waals surface area contributed by atoms with Gasteiger partial charge in [-0.25, -0.2) is 0 Å². The molecule has 0 aliphatic heterocycles. The van der Waals surface area contributed by atoms with E-state index in [0.717, 1.165) is 13.3 Å². The molecule has 0 aromatic carbocycles. The Labute approximate surface area is 99.3 Å². The molecule has 1 aliphatic rings. The third-order valence-corrected chi connectivity index (χ3v) is 2.93. The van der Waals surface area contributed by atoms with Gasteiger partial charge in [0.2, 0.25) is 0 Å². The average molecular weight is 249 g/mol. The van der Waals surface area contributed by atoms with Gasteiger partial charge in [-0.2, -0.15) is 13.2 Å². The minimum atomic E-state index is -4.34. The lowest BCUT2D eigenvalue weighted by Crippen LogP contribution is -2.44. The van der Waals surface area contributed by atoms with Crippen molar-refractivity contribution >= 4 is 0 Å². The SMILES string of the molecule is C[C@@H](O[C@H](C)C(F)(F)F)[C@H](N)C1C=CC=CC1. The summed E-state index contributed by atoms with van der Waals surface area (Å²) in [6, 6.07) is -0.430. The molecule has 0 aromatic heterocycles. The van der Waals surface area contributed by atoms with Crippen molar-refractivity contribution in [2.24, 2.45) is 11.7 Å². The average Bonchev–Trinajstić information content (AvgIpc) is 2.27. The smallest absolute Gasteiger partial charge is 0.365 e. The van der Waals surface area contributed by atoms with E-state index in [1.807, 2.05) is 24.3 Å². The molecule has 0 saturated carbocycles. The van der Waals surface area contributed by atoms with E-state index in [0.29, 0.717) is 0 Å². The van der Waals surface area contributed by atoms with Crippen LogP contribution in [0.4, 0.5) is 13.2 Å². The zero-order chi connectivity index (χ0) is 13.1. The quantitative estimate of drug-likeness (QED) is 0.831. The summed E-state index contributed by atoms with van der Waals surface area (Å²) in [5.41, 5.74) is 5.91. The van der Waals surface area contributed by atoms with Crippen LogP contribution in [-0.4, -0.2) is 24.4 Å². The molecule has 0 amide bonds. The number of ether oxygens (including phenoxy) is 1. The first kappa shape index (κ1) is 14.3. The molecule has 5 heteroatoms. The summed E-state index contributed by atoms with van der Waals surface area (Å²) in [5, 5.41) is 0. The molecule has 0 fully saturated rings. The van der Waals surface area contributed by atoms with Crippen molar-refractivity contribution in [2.75, 3.05) is 0 Å². The second-order valence-electron chi connectivity index (χ2n) is 4.32. The third-order valence-electron chi connectivity index (χ3n) is 2.93. The molecule has 1 rings (SSSR count). The molecule has 0 saturated heterocycles. The van der Waals surface area contributed by atoms with Crippen molar-refractivity contribution in [2.45, 2.75) is 44.7 Å². The van der Waals surface area contributed by atoms with Gasteiger partial charge in [0.05, 0.1) is 6.10 Å². The van der Waals surface area contributed by atoms with E-state index in [1.165, 1.54) is 0 Å². The largest absolute Gasteiger partial charge is 0.414 e. The summed E-state index contributed by atoms with van der Waals surface area (Å²) >= 11 is 0. The van der Waals surface area contributed by atoms with Crippen LogP contribution >= 0.6 is 0 Å². The van der Waals surface area contributed by atoms with E-state index < -0.39 is 24.4 Å². The molecule has 98 valence electrons. The van der Waals surface area contributed by atoms with Gasteiger partial charge in [0.1, 0.15) is 0 Å². The van der Waals surface area contributed by atoms with E-state index in [1.54, 1.807) is 6.92 Å². The highest BCUT2D eigenvalue weighted by Crippen LogP contribution is 2.25. The fraction of sp³-hybridized carbons (Fsp3) is 0.667. The summed E-state index contributed by atoms with van der Waals surface area (Å²) in [4.78, 5) is 0. The van der Waals surface area contributed by atoms with Crippen LogP contribution in [-0.2, 0) is 4.74 Å². The maximum absolute atomic E-state index is 12.3. The number of allylic oxidation sites excluding steroid dienone is 3. The van der Waals surface area contributed by atoms with Gasteiger partial charge in [-0.05, 0) is 26.2 Å². The molecule has 1 unspecified atom stereocenters. The van der Waals surface area contributed by atoms with Crippen molar-refractivity contribution in [3.05, 3.63) is 24.3 Å². The molecule has 17 heavy (non-hydrogen) atoms. The number of rotatable bonds is 4. The minimum absolute atomic E-state index is 0.0374. The summed E-state index contributed by atoms with van der Waals surface area (Å²) in [6.45, 7) is 2.58. The van der Waals surface area contributed by atoms with Gasteiger partial charge < -0.3 is 10.5 Å². The predicted octanol–water partition coefficient (Wildman–Crippen LogP) is 2.80. The normalized spacial score (nSPS) is 25.6. The highest BCUT2D eigenvalue weighted by atomic mass is 19.4. The Hall–Kier alpha value is -0.810. The molecule has 2 N–H and O–H groups in total. The Morgan fingerprint density at radius 3 is 2.41 bits per heavy atom. The molecular formula is C12H18F3NO. The lowest BCUT2D eigenvalue weighted by Gasteiger charge is -2.29. The lowest BCUT2D eigenvalue weighted by atomic mass is 9.90. The molecule has 4 atom stereocenters. The maximum Gasteiger partial charge on any atom is 0.414 e. The Bertz CT molecular complexity index is 299. The van der Waals surface area contributed by atoms with E-state index in [4.69, 9.17) is 10.5 Å². The number of hydrogen-bond acceptors (Lipinski definition) is 2. The molecule has 0 bridgehead atoms. The zero-order valence-corrected chi connectivity index (χ0v) is 9.95. The Morgan fingerprint density at radius 2 is 1.94 bits per heavy atom. The molecule has 0 radical (unpaired) electrons. The van der Waals surface area contributed by atoms with Crippen molar-refractivity contribution in [3.8, 4) is 0 Å². The maximum atomic E-state index is 12.3. The van der Waals surface area contributed by atoms with Gasteiger partial charge in [0, 0.05) is 6.04 Å². The van der Waals surface area contributed by atoms with Crippen LogP contribution in [0, 0.1) is 5.92 Å². The van der Waals surface area contributed by atoms with Gasteiger partial charge >= 0.3 is 6.18 Å². The van der Waals surface area contributed by atoms with Crippen LogP contribution < -0.4 is 5.73 Å². The Kier molecular flexibility index (Phi) is 4.77. The van der Waals surface area contributed by atoms with Gasteiger partial charge in [0.25, 0.3) is 0 Å². The van der Waals surface area contributed by atoms with E-state index in [9.17, 15) is 13.2 Å². The van der Waals surface area contributed by atoms with Crippen LogP contribution in [0.5, 0.6) is 0 Å². The first-order chi connectivity index (χ1) is 7.82. The van der Waals surface area contributed by atoms with Crippen molar-refractivity contribution in [1.29, 1.82) is 0 Å². The summed E-state index contributed by atoms with van der Waals surface area (Å²) in [5.74, 6) is 0.0374. The monoisotopic (exact) mass is 249 g/mol. The van der Waals surface area contributed by atoms with Gasteiger partial charge in [0.15, 0.2) is 6.10 Å². The lowest BCUT2D eigenvalue weighted by molar-refractivity contribution is -0.227. The molecule has 0 aromatic rings. The summed E-state index contributed by atoms with van der Waals surface area (Å²) < 4.78 is 41.9. The standard InChI is InChI=1S/C12H18F3NO/c1-8(17-9(2)12(13,14)15)11(16)10-6-4-3-5-7-10/h3-6,8-11H,7,16H2,1-2H3/t8-,9-,10?,11+/m1/s1. The summed E-state index contributed by atoms with van der Waals surface area (Å²) in [7, 11) is 0. The van der Waals surface area contributed by atoms with E-state index in [-0.39, 0.29) is 5.92 Å². The van der Waals surface area contributed by atoms with Gasteiger partial charge in [-0.15, -0.1) is 0 Å². The number of nitrogens with two attached hydrogens (primary N) is 1. The topological polar surface area (TPSA) is 35.2 Å². The molecule has 2 nitrogen and oxygen atoms in total. The van der Waals surface area contributed by atoms with Crippen molar-refractivity contribution in [1.82, 2.24) is 0 Å². The highest BCUT2D eigenvalue weighted by Gasteiger charge is 2.39. The molecule has 0 spiro atoms. The molecule has 1 aliphatic carbocycles. The highest BCUT2D eigenvalue weighted by molar-refractivity contribution is 5.13. The predicted molar refractivity (Wildman–Crippen MR) is 60.4 cm³/mol.